The SMILES string of the molecule is CN(CC(=O)NCCN1C(=O)S/C(=C/c2ccccc2)C1=O)S(=O)(=O)c1ccc(Cl)cc1. The molecule has 0 atom stereocenters. The minimum absolute atomic E-state index is 0.00429. The number of thioether (sulfide) groups is 1. The van der Waals surface area contributed by atoms with Crippen LogP contribution in [0.25, 0.3) is 6.08 Å². The predicted octanol–water partition coefficient (Wildman–Crippen LogP) is 2.81. The van der Waals surface area contributed by atoms with E-state index in [1.54, 1.807) is 6.08 Å². The van der Waals surface area contributed by atoms with Gasteiger partial charge in [0.15, 0.2) is 0 Å². The molecular formula is C21H20ClN3O5S2. The summed E-state index contributed by atoms with van der Waals surface area (Å²) in [6.45, 7) is -0.429. The van der Waals surface area contributed by atoms with Crippen molar-refractivity contribution in [2.45, 2.75) is 4.90 Å². The van der Waals surface area contributed by atoms with E-state index in [0.717, 1.165) is 26.5 Å². The first-order valence-electron chi connectivity index (χ1n) is 9.47. The second kappa shape index (κ2) is 10.3. The number of carbonyl (C=O) groups is 3. The van der Waals surface area contributed by atoms with E-state index in [2.05, 4.69) is 5.32 Å². The molecule has 11 heteroatoms. The lowest BCUT2D eigenvalue weighted by Crippen LogP contribution is -2.42. The smallest absolute Gasteiger partial charge is 0.293 e. The Kier molecular flexibility index (Phi) is 7.73. The maximum Gasteiger partial charge on any atom is 0.293 e. The van der Waals surface area contributed by atoms with Gasteiger partial charge in [0.2, 0.25) is 15.9 Å². The molecule has 0 saturated carbocycles. The molecule has 8 nitrogen and oxygen atoms in total. The standard InChI is InChI=1S/C21H20ClN3O5S2/c1-24(32(29,30)17-9-7-16(22)8-10-17)14-19(26)23-11-12-25-20(27)18(31-21(25)28)13-15-5-3-2-4-6-15/h2-10,13H,11-12,14H2,1H3,(H,23,26)/b18-13+. The number of sulfonamides is 1. The lowest BCUT2D eigenvalue weighted by Gasteiger charge is -2.18. The van der Waals surface area contributed by atoms with Gasteiger partial charge >= 0.3 is 0 Å². The molecule has 0 bridgehead atoms. The number of nitrogens with one attached hydrogen (secondary N) is 1. The minimum atomic E-state index is -3.86. The van der Waals surface area contributed by atoms with E-state index in [-0.39, 0.29) is 18.0 Å². The van der Waals surface area contributed by atoms with Gasteiger partial charge in [0.25, 0.3) is 11.1 Å². The number of rotatable bonds is 8. The Balaban J connectivity index is 1.52. The molecule has 1 saturated heterocycles. The van der Waals surface area contributed by atoms with Crippen molar-refractivity contribution in [2.75, 3.05) is 26.7 Å². The minimum Gasteiger partial charge on any atom is -0.353 e. The Morgan fingerprint density at radius 3 is 2.44 bits per heavy atom. The third-order valence-electron chi connectivity index (χ3n) is 4.52. The van der Waals surface area contributed by atoms with Gasteiger partial charge in [-0.05, 0) is 47.7 Å². The highest BCUT2D eigenvalue weighted by atomic mass is 35.5. The molecule has 0 radical (unpaired) electrons. The molecule has 0 aliphatic carbocycles. The van der Waals surface area contributed by atoms with E-state index in [1.807, 2.05) is 30.3 Å². The summed E-state index contributed by atoms with van der Waals surface area (Å²) >= 11 is 6.61. The fourth-order valence-electron chi connectivity index (χ4n) is 2.83. The summed E-state index contributed by atoms with van der Waals surface area (Å²) in [7, 11) is -2.58. The van der Waals surface area contributed by atoms with Gasteiger partial charge in [0.05, 0.1) is 16.3 Å². The molecular weight excluding hydrogens is 474 g/mol. The zero-order chi connectivity index (χ0) is 23.3. The largest absolute Gasteiger partial charge is 0.353 e. The van der Waals surface area contributed by atoms with E-state index >= 15 is 0 Å². The number of hydrogen-bond acceptors (Lipinski definition) is 6. The summed E-state index contributed by atoms with van der Waals surface area (Å²) in [6, 6.07) is 14.8. The van der Waals surface area contributed by atoms with Crippen LogP contribution in [0.1, 0.15) is 5.56 Å². The molecule has 3 rings (SSSR count). The van der Waals surface area contributed by atoms with E-state index in [4.69, 9.17) is 11.6 Å². The topological polar surface area (TPSA) is 104 Å². The molecule has 168 valence electrons. The molecule has 32 heavy (non-hydrogen) atoms. The Hall–Kier alpha value is -2.66. The monoisotopic (exact) mass is 493 g/mol. The van der Waals surface area contributed by atoms with Crippen molar-refractivity contribution in [3.63, 3.8) is 0 Å². The number of likely N-dealkylation sites (N-methyl/N-ethyl adjacent to an activating group) is 1. The van der Waals surface area contributed by atoms with Crippen LogP contribution in [0.15, 0.2) is 64.4 Å². The van der Waals surface area contributed by atoms with Crippen LogP contribution in [-0.2, 0) is 19.6 Å². The average molecular weight is 494 g/mol. The molecule has 1 fully saturated rings. The van der Waals surface area contributed by atoms with E-state index in [0.29, 0.717) is 9.93 Å². The molecule has 0 unspecified atom stereocenters. The van der Waals surface area contributed by atoms with Gasteiger partial charge in [-0.15, -0.1) is 0 Å². The van der Waals surface area contributed by atoms with Crippen LogP contribution < -0.4 is 5.32 Å². The highest BCUT2D eigenvalue weighted by Gasteiger charge is 2.34. The van der Waals surface area contributed by atoms with Crippen LogP contribution >= 0.6 is 23.4 Å². The van der Waals surface area contributed by atoms with Crippen molar-refractivity contribution < 1.29 is 22.8 Å². The molecule has 1 N–H and O–H groups in total. The third-order valence-corrected chi connectivity index (χ3v) is 7.49. The molecule has 0 aromatic heterocycles. The summed E-state index contributed by atoms with van der Waals surface area (Å²) in [5.74, 6) is -0.989. The quantitative estimate of drug-likeness (QED) is 0.567. The lowest BCUT2D eigenvalue weighted by molar-refractivity contribution is -0.124. The molecule has 3 amide bonds. The predicted molar refractivity (Wildman–Crippen MR) is 123 cm³/mol. The summed E-state index contributed by atoms with van der Waals surface area (Å²) < 4.78 is 26.0. The molecule has 1 aliphatic rings. The Labute approximate surface area is 195 Å². The van der Waals surface area contributed by atoms with Gasteiger partial charge in [-0.2, -0.15) is 4.31 Å². The molecule has 2 aromatic carbocycles. The summed E-state index contributed by atoms with van der Waals surface area (Å²) in [5.41, 5.74) is 0.802. The number of imide groups is 1. The molecule has 1 aliphatic heterocycles. The van der Waals surface area contributed by atoms with Gasteiger partial charge in [-0.3, -0.25) is 19.3 Å². The second-order valence-electron chi connectivity index (χ2n) is 6.81. The van der Waals surface area contributed by atoms with Gasteiger partial charge < -0.3 is 5.32 Å². The number of halogens is 1. The third kappa shape index (κ3) is 5.77. The second-order valence-corrected chi connectivity index (χ2v) is 10.3. The van der Waals surface area contributed by atoms with Crippen molar-refractivity contribution in [3.8, 4) is 0 Å². The van der Waals surface area contributed by atoms with Crippen LogP contribution in [0.2, 0.25) is 5.02 Å². The maximum atomic E-state index is 12.5. The number of nitrogens with zero attached hydrogens (tertiary/aromatic N) is 2. The van der Waals surface area contributed by atoms with Gasteiger partial charge in [-0.25, -0.2) is 8.42 Å². The van der Waals surface area contributed by atoms with E-state index in [1.165, 1.54) is 31.3 Å². The van der Waals surface area contributed by atoms with E-state index in [9.17, 15) is 22.8 Å². The Bertz CT molecular complexity index is 1150. The summed E-state index contributed by atoms with van der Waals surface area (Å²) in [4.78, 5) is 38.2. The normalized spacial score (nSPS) is 15.6. The number of amides is 3. The summed E-state index contributed by atoms with van der Waals surface area (Å²) in [5, 5.41) is 2.51. The fraction of sp³-hybridized carbons (Fsp3) is 0.190. The van der Waals surface area contributed by atoms with Crippen molar-refractivity contribution >= 4 is 56.5 Å². The highest BCUT2D eigenvalue weighted by molar-refractivity contribution is 8.18. The first-order valence-corrected chi connectivity index (χ1v) is 12.1. The fourth-order valence-corrected chi connectivity index (χ4v) is 4.95. The van der Waals surface area contributed by atoms with Crippen LogP contribution in [0.4, 0.5) is 4.79 Å². The first-order chi connectivity index (χ1) is 15.2. The lowest BCUT2D eigenvalue weighted by atomic mass is 10.2. The zero-order valence-corrected chi connectivity index (χ0v) is 19.4. The maximum absolute atomic E-state index is 12.5. The van der Waals surface area contributed by atoms with Crippen LogP contribution in [0.3, 0.4) is 0 Å². The van der Waals surface area contributed by atoms with Crippen LogP contribution in [0.5, 0.6) is 0 Å². The Morgan fingerprint density at radius 1 is 1.12 bits per heavy atom. The van der Waals surface area contributed by atoms with Crippen molar-refractivity contribution in [1.82, 2.24) is 14.5 Å². The van der Waals surface area contributed by atoms with Crippen LogP contribution in [0, 0.1) is 0 Å². The highest BCUT2D eigenvalue weighted by Crippen LogP contribution is 2.31. The zero-order valence-electron chi connectivity index (χ0n) is 17.0. The van der Waals surface area contributed by atoms with Gasteiger partial charge in [-0.1, -0.05) is 41.9 Å². The number of benzene rings is 2. The van der Waals surface area contributed by atoms with Gasteiger partial charge in [0.1, 0.15) is 0 Å². The van der Waals surface area contributed by atoms with Crippen LogP contribution in [-0.4, -0.2) is 61.4 Å². The van der Waals surface area contributed by atoms with E-state index < -0.39 is 33.6 Å². The van der Waals surface area contributed by atoms with Crippen molar-refractivity contribution in [3.05, 3.63) is 70.1 Å². The molecule has 2 aromatic rings. The van der Waals surface area contributed by atoms with Crippen molar-refractivity contribution in [1.29, 1.82) is 0 Å². The summed E-state index contributed by atoms with van der Waals surface area (Å²) in [6.07, 6.45) is 1.64. The first kappa shape index (κ1) is 24.0. The number of hydrogen-bond donors (Lipinski definition) is 1. The average Bonchev–Trinajstić information content (AvgIpc) is 3.02. The Morgan fingerprint density at radius 2 is 1.78 bits per heavy atom. The van der Waals surface area contributed by atoms with Crippen molar-refractivity contribution in [2.24, 2.45) is 0 Å². The molecule has 1 heterocycles. The molecule has 0 spiro atoms. The number of carbonyl (C=O) groups excluding carboxylic acids is 3. The van der Waals surface area contributed by atoms with Gasteiger partial charge in [0, 0.05) is 25.2 Å².